The molecule has 0 aliphatic rings. The molecule has 0 spiro atoms. The van der Waals surface area contributed by atoms with Gasteiger partial charge in [0.25, 0.3) is 0 Å². The van der Waals surface area contributed by atoms with Gasteiger partial charge in [-0.15, -0.1) is 0 Å². The van der Waals surface area contributed by atoms with Gasteiger partial charge in [-0.2, -0.15) is 0 Å². The van der Waals surface area contributed by atoms with E-state index in [0.29, 0.717) is 0 Å². The van der Waals surface area contributed by atoms with Gasteiger partial charge in [0.05, 0.1) is 0 Å². The lowest BCUT2D eigenvalue weighted by Crippen LogP contribution is -1.55. The summed E-state index contributed by atoms with van der Waals surface area (Å²) in [5, 5.41) is 0. The summed E-state index contributed by atoms with van der Waals surface area (Å²) in [7, 11) is 3.25. The first kappa shape index (κ1) is 43.9. The standard InChI is InChI=1S/4C6H6.2C3H8.C2H6O.2C2H6/c4*1-2-4-6-5-3-1;3*1-3-2;2*1-2/h4*1-6H;2*3H2,1-2H3;1-2H3;2*1-2H3. The van der Waals surface area contributed by atoms with Crippen LogP contribution in [0.4, 0.5) is 0 Å². The van der Waals surface area contributed by atoms with E-state index < -0.39 is 0 Å². The maximum absolute atomic E-state index is 4.25. The third kappa shape index (κ3) is 71.9. The Morgan fingerprint density at radius 2 is 0.297 bits per heavy atom. The van der Waals surface area contributed by atoms with Crippen LogP contribution in [-0.4, -0.2) is 14.2 Å². The summed E-state index contributed by atoms with van der Waals surface area (Å²) in [6.45, 7) is 16.5. The monoisotopic (exact) mass is 506 g/mol. The molecule has 0 aliphatic carbocycles. The van der Waals surface area contributed by atoms with Gasteiger partial charge < -0.3 is 4.74 Å². The second-order valence-corrected chi connectivity index (χ2v) is 6.44. The van der Waals surface area contributed by atoms with Gasteiger partial charge in [-0.3, -0.25) is 0 Å². The van der Waals surface area contributed by atoms with Crippen molar-refractivity contribution >= 4 is 0 Å². The minimum absolute atomic E-state index is 1.25. The molecule has 0 aliphatic heterocycles. The van der Waals surface area contributed by atoms with E-state index in [1.165, 1.54) is 12.8 Å². The van der Waals surface area contributed by atoms with E-state index in [9.17, 15) is 0 Å². The van der Waals surface area contributed by atoms with Crippen LogP contribution in [0.15, 0.2) is 146 Å². The average molecular weight is 507 g/mol. The Labute approximate surface area is 232 Å². The fraction of sp³-hybridized carbons (Fsp3) is 0.333. The summed E-state index contributed by atoms with van der Waals surface area (Å²) < 4.78 is 4.25. The molecule has 0 saturated carbocycles. The predicted octanol–water partition coefficient (Wildman–Crippen LogP) is 11.9. The molecule has 4 aromatic rings. The highest BCUT2D eigenvalue weighted by Crippen LogP contribution is 1.81. The number of hydrogen-bond donors (Lipinski definition) is 0. The molecule has 0 saturated heterocycles. The largest absolute Gasteiger partial charge is 0.388 e. The highest BCUT2D eigenvalue weighted by atomic mass is 16.4. The van der Waals surface area contributed by atoms with Crippen LogP contribution in [0, 0.1) is 0 Å². The quantitative estimate of drug-likeness (QED) is 0.230. The molecule has 37 heavy (non-hydrogen) atoms. The molecule has 4 rings (SSSR count). The molecule has 208 valence electrons. The normalized spacial score (nSPS) is 6.97. The van der Waals surface area contributed by atoms with Gasteiger partial charge in [0.2, 0.25) is 0 Å². The van der Waals surface area contributed by atoms with Crippen molar-refractivity contribution in [3.63, 3.8) is 0 Å². The summed E-state index contributed by atoms with van der Waals surface area (Å²) in [6.07, 6.45) is 2.50. The number of methoxy groups -OCH3 is 1. The van der Waals surface area contributed by atoms with Crippen LogP contribution in [0.1, 0.15) is 68.2 Å². The van der Waals surface area contributed by atoms with E-state index in [1.54, 1.807) is 14.2 Å². The first-order chi connectivity index (χ1) is 18.2. The fourth-order valence-electron chi connectivity index (χ4n) is 1.54. The van der Waals surface area contributed by atoms with Crippen molar-refractivity contribution in [3.8, 4) is 0 Å². The van der Waals surface area contributed by atoms with Crippen molar-refractivity contribution < 1.29 is 4.74 Å². The molecule has 0 aromatic heterocycles. The zero-order valence-corrected chi connectivity index (χ0v) is 25.7. The number of ether oxygens (including phenoxy) is 1. The Kier molecular flexibility index (Phi) is 69.5. The molecule has 1 nitrogen and oxygen atoms in total. The first-order valence-corrected chi connectivity index (χ1v) is 13.6. The highest BCUT2D eigenvalue weighted by Gasteiger charge is 1.59. The number of rotatable bonds is 0. The molecule has 0 N–H and O–H groups in total. The predicted molar refractivity (Wildman–Crippen MR) is 173 cm³/mol. The van der Waals surface area contributed by atoms with Gasteiger partial charge in [0.15, 0.2) is 0 Å². The molecular weight excluding hydrogens is 448 g/mol. The van der Waals surface area contributed by atoms with Gasteiger partial charge in [0.1, 0.15) is 0 Å². The van der Waals surface area contributed by atoms with Gasteiger partial charge >= 0.3 is 0 Å². The number of benzene rings is 4. The zero-order valence-electron chi connectivity index (χ0n) is 25.7. The summed E-state index contributed by atoms with van der Waals surface area (Å²) in [6, 6.07) is 48.0. The molecule has 0 radical (unpaired) electrons. The first-order valence-electron chi connectivity index (χ1n) is 13.6. The van der Waals surface area contributed by atoms with E-state index in [-0.39, 0.29) is 0 Å². The van der Waals surface area contributed by atoms with E-state index in [4.69, 9.17) is 0 Å². The zero-order chi connectivity index (χ0) is 29.1. The Morgan fingerprint density at radius 3 is 0.324 bits per heavy atom. The smallest absolute Gasteiger partial charge is 0.0351 e. The van der Waals surface area contributed by atoms with Crippen molar-refractivity contribution in [1.29, 1.82) is 0 Å². The van der Waals surface area contributed by atoms with Gasteiger partial charge in [0, 0.05) is 14.2 Å². The molecule has 4 aromatic carbocycles. The van der Waals surface area contributed by atoms with Crippen molar-refractivity contribution in [2.75, 3.05) is 14.2 Å². The van der Waals surface area contributed by atoms with E-state index in [2.05, 4.69) is 32.4 Å². The summed E-state index contributed by atoms with van der Waals surface area (Å²) in [5.41, 5.74) is 0. The molecule has 0 atom stereocenters. The van der Waals surface area contributed by atoms with Crippen LogP contribution in [0.3, 0.4) is 0 Å². The van der Waals surface area contributed by atoms with Crippen molar-refractivity contribution in [2.24, 2.45) is 0 Å². The lowest BCUT2D eigenvalue weighted by Gasteiger charge is -1.69. The minimum Gasteiger partial charge on any atom is -0.388 e. The van der Waals surface area contributed by atoms with Gasteiger partial charge in [-0.25, -0.2) is 0 Å². The third-order valence-electron chi connectivity index (χ3n) is 2.67. The lowest BCUT2D eigenvalue weighted by molar-refractivity contribution is 0.277. The molecule has 0 unspecified atom stereocenters. The Balaban J connectivity index is -0.000000107. The van der Waals surface area contributed by atoms with E-state index in [1.807, 2.05) is 173 Å². The Morgan fingerprint density at radius 1 is 0.270 bits per heavy atom. The van der Waals surface area contributed by atoms with Crippen LogP contribution < -0.4 is 0 Å². The van der Waals surface area contributed by atoms with Crippen LogP contribution in [0.2, 0.25) is 0 Å². The molecular formula is C36H58O. The second kappa shape index (κ2) is 58.6. The van der Waals surface area contributed by atoms with Crippen molar-refractivity contribution in [3.05, 3.63) is 146 Å². The fourth-order valence-corrected chi connectivity index (χ4v) is 1.54. The van der Waals surface area contributed by atoms with E-state index >= 15 is 0 Å². The van der Waals surface area contributed by atoms with Crippen LogP contribution in [0.5, 0.6) is 0 Å². The summed E-state index contributed by atoms with van der Waals surface area (Å²) >= 11 is 0. The summed E-state index contributed by atoms with van der Waals surface area (Å²) in [4.78, 5) is 0. The lowest BCUT2D eigenvalue weighted by atomic mass is 10.4. The molecule has 1 heteroatoms. The minimum atomic E-state index is 1.25. The maximum Gasteiger partial charge on any atom is 0.0351 e. The Hall–Kier alpha value is -3.16. The van der Waals surface area contributed by atoms with E-state index in [0.717, 1.165) is 0 Å². The van der Waals surface area contributed by atoms with Crippen molar-refractivity contribution in [2.45, 2.75) is 68.2 Å². The molecule has 0 fully saturated rings. The van der Waals surface area contributed by atoms with Crippen LogP contribution in [-0.2, 0) is 4.74 Å². The molecule has 0 amide bonds. The van der Waals surface area contributed by atoms with Gasteiger partial charge in [-0.1, -0.05) is 214 Å². The van der Waals surface area contributed by atoms with Crippen molar-refractivity contribution in [1.82, 2.24) is 0 Å². The Bertz CT molecular complexity index is 460. The highest BCUT2D eigenvalue weighted by molar-refractivity contribution is 5.00. The van der Waals surface area contributed by atoms with Gasteiger partial charge in [-0.05, 0) is 0 Å². The number of hydrogen-bond acceptors (Lipinski definition) is 1. The SMILES string of the molecule is CC.CC.CCC.CCC.COC.c1ccccc1.c1ccccc1.c1ccccc1.c1ccccc1. The second-order valence-electron chi connectivity index (χ2n) is 6.44. The van der Waals surface area contributed by atoms with Crippen LogP contribution in [0.25, 0.3) is 0 Å². The van der Waals surface area contributed by atoms with Crippen LogP contribution >= 0.6 is 0 Å². The third-order valence-corrected chi connectivity index (χ3v) is 2.67. The maximum atomic E-state index is 4.25. The average Bonchev–Trinajstić information content (AvgIpc) is 3.01. The molecule has 0 bridgehead atoms. The molecule has 0 heterocycles. The summed E-state index contributed by atoms with van der Waals surface area (Å²) in [5.74, 6) is 0. The topological polar surface area (TPSA) is 9.23 Å².